The van der Waals surface area contributed by atoms with Crippen LogP contribution in [-0.4, -0.2) is 49.8 Å². The van der Waals surface area contributed by atoms with Crippen LogP contribution < -0.4 is 0 Å². The first-order valence-electron chi connectivity index (χ1n) is 4.63. The summed E-state index contributed by atoms with van der Waals surface area (Å²) in [6.45, 7) is 6.53. The van der Waals surface area contributed by atoms with Gasteiger partial charge in [-0.2, -0.15) is 0 Å². The summed E-state index contributed by atoms with van der Waals surface area (Å²) in [6.07, 6.45) is -0.300. The maximum Gasteiger partial charge on any atom is 0.336 e. The van der Waals surface area contributed by atoms with Crippen molar-refractivity contribution in [2.75, 3.05) is 26.7 Å². The Bertz CT molecular complexity index is 184. The van der Waals surface area contributed by atoms with E-state index in [4.69, 9.17) is 4.74 Å². The number of ether oxygens (including phenoxy) is 2. The molecule has 13 heavy (non-hydrogen) atoms. The van der Waals surface area contributed by atoms with Gasteiger partial charge in [0.25, 0.3) is 0 Å². The van der Waals surface area contributed by atoms with Crippen LogP contribution in [0.25, 0.3) is 0 Å². The number of nitrogens with zero attached hydrogens (tertiary/aromatic N) is 1. The summed E-state index contributed by atoms with van der Waals surface area (Å²) in [5.74, 6) is -0.273. The van der Waals surface area contributed by atoms with E-state index in [1.807, 2.05) is 6.92 Å². The molecule has 0 aromatic rings. The van der Waals surface area contributed by atoms with Crippen LogP contribution >= 0.6 is 0 Å². The zero-order chi connectivity index (χ0) is 9.84. The Labute approximate surface area is 78.8 Å². The fourth-order valence-corrected chi connectivity index (χ4v) is 1.56. The third-order valence-electron chi connectivity index (χ3n) is 2.25. The van der Waals surface area contributed by atoms with Gasteiger partial charge < -0.3 is 9.47 Å². The quantitative estimate of drug-likeness (QED) is 0.582. The Morgan fingerprint density at radius 3 is 2.85 bits per heavy atom. The summed E-state index contributed by atoms with van der Waals surface area (Å²) in [6, 6.07) is 0. The number of likely N-dealkylation sites (N-methyl/N-ethyl adjacent to an activating group) is 1. The molecule has 1 saturated heterocycles. The second-order valence-corrected chi connectivity index (χ2v) is 3.31. The standard InChI is InChI=1S/C9H17NO3/c1-4-10-5-7(2)13-8(6-10)9(11)12-3/h7-8H,4-6H2,1-3H3/t7-,8-/m1/s1. The molecule has 0 aromatic heterocycles. The SMILES string of the molecule is CCN1C[C@@H](C)O[C@@H](C(=O)OC)C1. The number of morpholine rings is 1. The van der Waals surface area contributed by atoms with Crippen molar-refractivity contribution in [3.05, 3.63) is 0 Å². The summed E-state index contributed by atoms with van der Waals surface area (Å²) in [7, 11) is 1.39. The van der Waals surface area contributed by atoms with Crippen molar-refractivity contribution in [1.82, 2.24) is 4.90 Å². The molecule has 0 aliphatic carbocycles. The first-order valence-corrected chi connectivity index (χ1v) is 4.63. The molecule has 0 radical (unpaired) electrons. The number of hydrogen-bond donors (Lipinski definition) is 0. The summed E-state index contributed by atoms with van der Waals surface area (Å²) >= 11 is 0. The molecule has 1 rings (SSSR count). The maximum absolute atomic E-state index is 11.2. The van der Waals surface area contributed by atoms with E-state index < -0.39 is 6.10 Å². The Hall–Kier alpha value is -0.610. The maximum atomic E-state index is 11.2. The predicted octanol–water partition coefficient (Wildman–Crippen LogP) is 0.269. The van der Waals surface area contributed by atoms with Gasteiger partial charge in [0.05, 0.1) is 13.2 Å². The second-order valence-electron chi connectivity index (χ2n) is 3.31. The molecule has 0 unspecified atom stereocenters. The molecule has 76 valence electrons. The van der Waals surface area contributed by atoms with Gasteiger partial charge in [-0.15, -0.1) is 0 Å². The van der Waals surface area contributed by atoms with Crippen LogP contribution in [0.4, 0.5) is 0 Å². The molecule has 0 amide bonds. The van der Waals surface area contributed by atoms with Crippen LogP contribution in [0.15, 0.2) is 0 Å². The van der Waals surface area contributed by atoms with E-state index >= 15 is 0 Å². The number of rotatable bonds is 2. The largest absolute Gasteiger partial charge is 0.467 e. The smallest absolute Gasteiger partial charge is 0.336 e. The average Bonchev–Trinajstić information content (AvgIpc) is 2.15. The number of carbonyl (C=O) groups is 1. The minimum Gasteiger partial charge on any atom is -0.467 e. The number of esters is 1. The van der Waals surface area contributed by atoms with Crippen molar-refractivity contribution in [2.45, 2.75) is 26.1 Å². The van der Waals surface area contributed by atoms with Crippen molar-refractivity contribution < 1.29 is 14.3 Å². The zero-order valence-corrected chi connectivity index (χ0v) is 8.45. The highest BCUT2D eigenvalue weighted by Gasteiger charge is 2.29. The number of methoxy groups -OCH3 is 1. The Morgan fingerprint density at radius 2 is 2.31 bits per heavy atom. The highest BCUT2D eigenvalue weighted by atomic mass is 16.6. The third kappa shape index (κ3) is 2.67. The van der Waals surface area contributed by atoms with Gasteiger partial charge >= 0.3 is 5.97 Å². The van der Waals surface area contributed by atoms with Gasteiger partial charge in [0.15, 0.2) is 6.10 Å². The van der Waals surface area contributed by atoms with E-state index in [9.17, 15) is 4.79 Å². The van der Waals surface area contributed by atoms with E-state index in [1.54, 1.807) is 0 Å². The number of hydrogen-bond acceptors (Lipinski definition) is 4. The lowest BCUT2D eigenvalue weighted by Gasteiger charge is -2.34. The van der Waals surface area contributed by atoms with Gasteiger partial charge in [-0.25, -0.2) is 4.79 Å². The van der Waals surface area contributed by atoms with Gasteiger partial charge in [0.1, 0.15) is 0 Å². The van der Waals surface area contributed by atoms with E-state index in [-0.39, 0.29) is 12.1 Å². The van der Waals surface area contributed by atoms with Crippen LogP contribution in [0, 0.1) is 0 Å². The van der Waals surface area contributed by atoms with Crippen LogP contribution in [0.5, 0.6) is 0 Å². The molecule has 0 bridgehead atoms. The topological polar surface area (TPSA) is 38.8 Å². The molecule has 1 aliphatic rings. The lowest BCUT2D eigenvalue weighted by molar-refractivity contribution is -0.166. The van der Waals surface area contributed by atoms with Gasteiger partial charge in [0, 0.05) is 13.1 Å². The van der Waals surface area contributed by atoms with E-state index in [2.05, 4.69) is 16.6 Å². The van der Waals surface area contributed by atoms with Crippen molar-refractivity contribution in [2.24, 2.45) is 0 Å². The predicted molar refractivity (Wildman–Crippen MR) is 48.5 cm³/mol. The fourth-order valence-electron chi connectivity index (χ4n) is 1.56. The highest BCUT2D eigenvalue weighted by Crippen LogP contribution is 2.11. The minimum atomic E-state index is -0.409. The molecule has 0 N–H and O–H groups in total. The molecular formula is C9H17NO3. The highest BCUT2D eigenvalue weighted by molar-refractivity contribution is 5.74. The lowest BCUT2D eigenvalue weighted by Crippen LogP contribution is -2.49. The van der Waals surface area contributed by atoms with Gasteiger partial charge in [-0.1, -0.05) is 6.92 Å². The molecule has 0 spiro atoms. The normalized spacial score (nSPS) is 30.1. The minimum absolute atomic E-state index is 0.109. The second kappa shape index (κ2) is 4.58. The molecule has 2 atom stereocenters. The average molecular weight is 187 g/mol. The Balaban J connectivity index is 2.51. The van der Waals surface area contributed by atoms with Crippen molar-refractivity contribution in [1.29, 1.82) is 0 Å². The summed E-state index contributed by atoms with van der Waals surface area (Å²) in [5.41, 5.74) is 0. The van der Waals surface area contributed by atoms with Gasteiger partial charge in [0.2, 0.25) is 0 Å². The first kappa shape index (κ1) is 10.5. The van der Waals surface area contributed by atoms with Crippen LogP contribution in [0.3, 0.4) is 0 Å². The van der Waals surface area contributed by atoms with Crippen molar-refractivity contribution >= 4 is 5.97 Å². The van der Waals surface area contributed by atoms with Crippen LogP contribution in [-0.2, 0) is 14.3 Å². The van der Waals surface area contributed by atoms with Crippen molar-refractivity contribution in [3.8, 4) is 0 Å². The molecule has 0 saturated carbocycles. The van der Waals surface area contributed by atoms with E-state index in [0.29, 0.717) is 6.54 Å². The van der Waals surface area contributed by atoms with Crippen LogP contribution in [0.2, 0.25) is 0 Å². The monoisotopic (exact) mass is 187 g/mol. The van der Waals surface area contributed by atoms with Gasteiger partial charge in [-0.3, -0.25) is 4.90 Å². The Kier molecular flexibility index (Phi) is 3.69. The third-order valence-corrected chi connectivity index (χ3v) is 2.25. The summed E-state index contributed by atoms with van der Waals surface area (Å²) in [4.78, 5) is 13.4. The molecular weight excluding hydrogens is 170 g/mol. The molecule has 1 heterocycles. The van der Waals surface area contributed by atoms with Gasteiger partial charge in [-0.05, 0) is 13.5 Å². The summed E-state index contributed by atoms with van der Waals surface area (Å²) in [5, 5.41) is 0. The molecule has 0 aromatic carbocycles. The fraction of sp³-hybridized carbons (Fsp3) is 0.889. The van der Waals surface area contributed by atoms with E-state index in [0.717, 1.165) is 13.1 Å². The van der Waals surface area contributed by atoms with E-state index in [1.165, 1.54) is 7.11 Å². The Morgan fingerprint density at radius 1 is 1.62 bits per heavy atom. The zero-order valence-electron chi connectivity index (χ0n) is 8.45. The molecule has 4 nitrogen and oxygen atoms in total. The molecule has 4 heteroatoms. The molecule has 1 fully saturated rings. The molecule has 1 aliphatic heterocycles. The lowest BCUT2D eigenvalue weighted by atomic mass is 10.2. The number of carbonyl (C=O) groups excluding carboxylic acids is 1. The first-order chi connectivity index (χ1) is 6.17. The summed E-state index contributed by atoms with van der Waals surface area (Å²) < 4.78 is 10.1. The van der Waals surface area contributed by atoms with Crippen LogP contribution in [0.1, 0.15) is 13.8 Å². The van der Waals surface area contributed by atoms with Crippen molar-refractivity contribution in [3.63, 3.8) is 0 Å².